The lowest BCUT2D eigenvalue weighted by molar-refractivity contribution is 0.0625. The third-order valence-corrected chi connectivity index (χ3v) is 4.22. The second-order valence-corrected chi connectivity index (χ2v) is 6.31. The zero-order valence-corrected chi connectivity index (χ0v) is 12.8. The first-order valence-corrected chi connectivity index (χ1v) is 7.59. The molecule has 1 aromatic carbocycles. The van der Waals surface area contributed by atoms with E-state index in [0.717, 1.165) is 31.9 Å². The number of hydrogen-bond acceptors (Lipinski definition) is 3. The van der Waals surface area contributed by atoms with Crippen LogP contribution in [0.15, 0.2) is 24.3 Å². The van der Waals surface area contributed by atoms with Crippen LogP contribution in [0.25, 0.3) is 0 Å². The minimum Gasteiger partial charge on any atom is -0.379 e. The summed E-state index contributed by atoms with van der Waals surface area (Å²) < 4.78 is 5.69. The van der Waals surface area contributed by atoms with Gasteiger partial charge < -0.3 is 19.9 Å². The minimum atomic E-state index is -0.0759. The molecule has 0 radical (unpaired) electrons. The predicted molar refractivity (Wildman–Crippen MR) is 82.8 cm³/mol. The summed E-state index contributed by atoms with van der Waals surface area (Å²) in [6.07, 6.45) is 0. The molecular weight excluding hydrogens is 290 g/mol. The van der Waals surface area contributed by atoms with Gasteiger partial charge in [0.25, 0.3) is 0 Å². The van der Waals surface area contributed by atoms with E-state index in [1.165, 1.54) is 0 Å². The van der Waals surface area contributed by atoms with E-state index in [9.17, 15) is 4.79 Å². The van der Waals surface area contributed by atoms with Crippen molar-refractivity contribution >= 4 is 23.3 Å². The standard InChI is InChI=1S/C15H20ClN3O2/c1-18-6-11-7-19(14(8-18)10-21-9-11)15(20)17-13-4-2-3-12(16)5-13/h2-5,11,14H,6-10H2,1H3,(H,17,20)/t11-,14-/m0/s1. The Kier molecular flexibility index (Phi) is 4.33. The van der Waals surface area contributed by atoms with Crippen molar-refractivity contribution in [1.82, 2.24) is 9.80 Å². The van der Waals surface area contributed by atoms with E-state index in [2.05, 4.69) is 17.3 Å². The smallest absolute Gasteiger partial charge is 0.322 e. The fourth-order valence-electron chi connectivity index (χ4n) is 3.09. The Balaban J connectivity index is 1.74. The predicted octanol–water partition coefficient (Wildman–Crippen LogP) is 2.13. The summed E-state index contributed by atoms with van der Waals surface area (Å²) in [5.41, 5.74) is 0.723. The summed E-state index contributed by atoms with van der Waals surface area (Å²) in [6.45, 7) is 3.88. The Labute approximate surface area is 129 Å². The molecule has 0 aliphatic carbocycles. The molecule has 3 rings (SSSR count). The number of fused-ring (bicyclic) bond motifs is 3. The lowest BCUT2D eigenvalue weighted by Crippen LogP contribution is -2.47. The second kappa shape index (κ2) is 6.22. The highest BCUT2D eigenvalue weighted by atomic mass is 35.5. The van der Waals surface area contributed by atoms with Crippen molar-refractivity contribution in [2.24, 2.45) is 5.92 Å². The topological polar surface area (TPSA) is 44.8 Å². The van der Waals surface area contributed by atoms with E-state index in [1.54, 1.807) is 12.1 Å². The number of nitrogens with one attached hydrogen (secondary N) is 1. The molecular formula is C15H20ClN3O2. The number of carbonyl (C=O) groups excluding carboxylic acids is 1. The average Bonchev–Trinajstić information content (AvgIpc) is 2.68. The van der Waals surface area contributed by atoms with E-state index in [1.807, 2.05) is 17.0 Å². The molecule has 0 saturated carbocycles. The quantitative estimate of drug-likeness (QED) is 0.864. The maximum absolute atomic E-state index is 12.6. The highest BCUT2D eigenvalue weighted by Crippen LogP contribution is 2.21. The van der Waals surface area contributed by atoms with Gasteiger partial charge in [-0.2, -0.15) is 0 Å². The Bertz CT molecular complexity index is 525. The molecule has 2 aliphatic heterocycles. The molecule has 2 fully saturated rings. The van der Waals surface area contributed by atoms with Gasteiger partial charge in [-0.05, 0) is 25.2 Å². The number of anilines is 1. The zero-order valence-electron chi connectivity index (χ0n) is 12.1. The monoisotopic (exact) mass is 309 g/mol. The number of likely N-dealkylation sites (N-methyl/N-ethyl adjacent to an activating group) is 1. The van der Waals surface area contributed by atoms with Crippen molar-refractivity contribution < 1.29 is 9.53 Å². The average molecular weight is 310 g/mol. The third kappa shape index (κ3) is 3.48. The Morgan fingerprint density at radius 3 is 3.00 bits per heavy atom. The molecule has 2 bridgehead atoms. The summed E-state index contributed by atoms with van der Waals surface area (Å²) in [5.74, 6) is 0.368. The SMILES string of the molecule is CN1C[C@@H]2COC[C@H](C1)N(C(=O)Nc1cccc(Cl)c1)C2. The first-order chi connectivity index (χ1) is 10.1. The maximum atomic E-state index is 12.6. The number of halogens is 1. The molecule has 0 aromatic heterocycles. The van der Waals surface area contributed by atoms with Crippen molar-refractivity contribution in [3.05, 3.63) is 29.3 Å². The van der Waals surface area contributed by atoms with Crippen LogP contribution in [0, 0.1) is 5.92 Å². The summed E-state index contributed by atoms with van der Waals surface area (Å²) in [5, 5.41) is 3.55. The number of hydrogen-bond donors (Lipinski definition) is 1. The molecule has 2 amide bonds. The van der Waals surface area contributed by atoms with Crippen LogP contribution in [0.1, 0.15) is 0 Å². The highest BCUT2D eigenvalue weighted by molar-refractivity contribution is 6.30. The summed E-state index contributed by atoms with van der Waals surface area (Å²) >= 11 is 5.96. The van der Waals surface area contributed by atoms with Crippen molar-refractivity contribution in [3.8, 4) is 0 Å². The fraction of sp³-hybridized carbons (Fsp3) is 0.533. The van der Waals surface area contributed by atoms with Gasteiger partial charge in [-0.1, -0.05) is 17.7 Å². The molecule has 6 heteroatoms. The molecule has 5 nitrogen and oxygen atoms in total. The van der Waals surface area contributed by atoms with Gasteiger partial charge in [-0.25, -0.2) is 4.79 Å². The lowest BCUT2D eigenvalue weighted by atomic mass is 10.1. The third-order valence-electron chi connectivity index (χ3n) is 3.99. The molecule has 1 N–H and O–H groups in total. The van der Waals surface area contributed by atoms with Gasteiger partial charge in [0.15, 0.2) is 0 Å². The van der Waals surface area contributed by atoms with Gasteiger partial charge in [0.05, 0.1) is 19.3 Å². The minimum absolute atomic E-state index is 0.0759. The molecule has 0 spiro atoms. The zero-order chi connectivity index (χ0) is 14.8. The van der Waals surface area contributed by atoms with Crippen LogP contribution in [-0.4, -0.2) is 61.8 Å². The van der Waals surface area contributed by atoms with Gasteiger partial charge in [0, 0.05) is 36.3 Å². The van der Waals surface area contributed by atoms with Crippen LogP contribution in [0.3, 0.4) is 0 Å². The fourth-order valence-corrected chi connectivity index (χ4v) is 3.28. The number of benzene rings is 1. The molecule has 2 atom stereocenters. The van der Waals surface area contributed by atoms with E-state index < -0.39 is 0 Å². The van der Waals surface area contributed by atoms with Crippen LogP contribution in [0.4, 0.5) is 10.5 Å². The van der Waals surface area contributed by atoms with E-state index in [-0.39, 0.29) is 12.1 Å². The molecule has 21 heavy (non-hydrogen) atoms. The first kappa shape index (κ1) is 14.6. The van der Waals surface area contributed by atoms with Gasteiger partial charge >= 0.3 is 6.03 Å². The van der Waals surface area contributed by atoms with E-state index in [4.69, 9.17) is 16.3 Å². The van der Waals surface area contributed by atoms with Crippen LogP contribution in [0.2, 0.25) is 5.02 Å². The molecule has 2 aliphatic rings. The van der Waals surface area contributed by atoms with Crippen molar-refractivity contribution in [2.45, 2.75) is 6.04 Å². The van der Waals surface area contributed by atoms with E-state index >= 15 is 0 Å². The van der Waals surface area contributed by atoms with Crippen molar-refractivity contribution in [3.63, 3.8) is 0 Å². The molecule has 1 aromatic rings. The maximum Gasteiger partial charge on any atom is 0.322 e. The number of amides is 2. The Hall–Kier alpha value is -1.30. The molecule has 2 saturated heterocycles. The molecule has 2 heterocycles. The highest BCUT2D eigenvalue weighted by Gasteiger charge is 2.34. The number of carbonyl (C=O) groups is 1. The summed E-state index contributed by atoms with van der Waals surface area (Å²) in [4.78, 5) is 16.8. The molecule has 0 unspecified atom stereocenters. The summed E-state index contributed by atoms with van der Waals surface area (Å²) in [6, 6.07) is 7.24. The van der Waals surface area contributed by atoms with Gasteiger partial charge in [-0.15, -0.1) is 0 Å². The Morgan fingerprint density at radius 1 is 1.33 bits per heavy atom. The van der Waals surface area contributed by atoms with Gasteiger partial charge in [0.1, 0.15) is 0 Å². The van der Waals surface area contributed by atoms with Crippen molar-refractivity contribution in [2.75, 3.05) is 45.2 Å². The van der Waals surface area contributed by atoms with Crippen LogP contribution < -0.4 is 5.32 Å². The molecule has 114 valence electrons. The van der Waals surface area contributed by atoms with Crippen molar-refractivity contribution in [1.29, 1.82) is 0 Å². The van der Waals surface area contributed by atoms with Crippen LogP contribution in [-0.2, 0) is 4.74 Å². The lowest BCUT2D eigenvalue weighted by Gasteiger charge is -2.29. The van der Waals surface area contributed by atoms with Crippen LogP contribution in [0.5, 0.6) is 0 Å². The normalized spacial score (nSPS) is 26.3. The number of ether oxygens (including phenoxy) is 1. The number of urea groups is 1. The summed E-state index contributed by atoms with van der Waals surface area (Å²) in [7, 11) is 2.10. The first-order valence-electron chi connectivity index (χ1n) is 7.21. The van der Waals surface area contributed by atoms with Crippen LogP contribution >= 0.6 is 11.6 Å². The number of nitrogens with zero attached hydrogens (tertiary/aromatic N) is 2. The Morgan fingerprint density at radius 2 is 2.19 bits per heavy atom. The number of rotatable bonds is 1. The van der Waals surface area contributed by atoms with Gasteiger partial charge in [0.2, 0.25) is 0 Å². The second-order valence-electron chi connectivity index (χ2n) is 5.87. The largest absolute Gasteiger partial charge is 0.379 e. The van der Waals surface area contributed by atoms with Gasteiger partial charge in [-0.3, -0.25) is 0 Å². The van der Waals surface area contributed by atoms with E-state index in [0.29, 0.717) is 17.5 Å².